The molecule has 2 aromatic rings. The largest absolute Gasteiger partial charge is 0.410 e. The van der Waals surface area contributed by atoms with Crippen molar-refractivity contribution in [3.63, 3.8) is 0 Å². The number of carbonyl (C=O) groups is 1. The lowest BCUT2D eigenvalue weighted by molar-refractivity contribution is -0.173. The number of amides is 1. The van der Waals surface area contributed by atoms with Gasteiger partial charge in [0.15, 0.2) is 16.9 Å². The van der Waals surface area contributed by atoms with Crippen LogP contribution in [0.15, 0.2) is 17.6 Å². The van der Waals surface area contributed by atoms with Gasteiger partial charge in [0.25, 0.3) is 5.91 Å². The van der Waals surface area contributed by atoms with Crippen molar-refractivity contribution in [3.8, 4) is 0 Å². The van der Waals surface area contributed by atoms with Crippen LogP contribution in [-0.4, -0.2) is 64.0 Å². The van der Waals surface area contributed by atoms with Crippen molar-refractivity contribution in [2.24, 2.45) is 0 Å². The average Bonchev–Trinajstić information content (AvgIpc) is 3.35. The summed E-state index contributed by atoms with van der Waals surface area (Å²) in [4.78, 5) is 20.8. The molecule has 2 atom stereocenters. The Bertz CT molecular complexity index is 829. The molecule has 7 nitrogen and oxygen atoms in total. The second-order valence-corrected chi connectivity index (χ2v) is 7.87. The van der Waals surface area contributed by atoms with Gasteiger partial charge in [0.2, 0.25) is 0 Å². The summed E-state index contributed by atoms with van der Waals surface area (Å²) in [5, 5.41) is 9.91. The zero-order chi connectivity index (χ0) is 19.9. The average molecular weight is 414 g/mol. The van der Waals surface area contributed by atoms with Crippen molar-refractivity contribution < 1.29 is 18.0 Å². The first-order valence-electron chi connectivity index (χ1n) is 9.23. The number of rotatable bonds is 3. The number of nitrogens with one attached hydrogen (secondary N) is 1. The number of hydrogen-bond donors (Lipinski definition) is 1. The molecule has 0 bridgehead atoms. The van der Waals surface area contributed by atoms with Gasteiger partial charge in [-0.05, 0) is 12.8 Å². The topological polar surface area (TPSA) is 66.3 Å². The molecule has 2 aromatic heterocycles. The maximum atomic E-state index is 13.5. The quantitative estimate of drug-likeness (QED) is 0.837. The molecule has 1 fully saturated rings. The van der Waals surface area contributed by atoms with Crippen molar-refractivity contribution in [2.75, 3.05) is 36.4 Å². The van der Waals surface area contributed by atoms with Gasteiger partial charge in [-0.3, -0.25) is 4.79 Å². The molecule has 2 aliphatic heterocycles. The molecule has 0 aromatic carbocycles. The first-order chi connectivity index (χ1) is 13.4. The molecule has 1 amide bonds. The molecule has 152 valence electrons. The van der Waals surface area contributed by atoms with Crippen LogP contribution in [0.1, 0.15) is 36.3 Å². The monoisotopic (exact) mass is 414 g/mol. The molecule has 4 rings (SSSR count). The first kappa shape index (κ1) is 19.0. The fourth-order valence-electron chi connectivity index (χ4n) is 3.66. The summed E-state index contributed by atoms with van der Waals surface area (Å²) < 4.78 is 41.4. The molecule has 0 saturated carbocycles. The lowest BCUT2D eigenvalue weighted by Crippen LogP contribution is -2.49. The van der Waals surface area contributed by atoms with Crippen LogP contribution in [0.4, 0.5) is 24.1 Å². The molecule has 0 radical (unpaired) electrons. The van der Waals surface area contributed by atoms with Crippen molar-refractivity contribution in [1.29, 1.82) is 0 Å². The van der Waals surface area contributed by atoms with E-state index in [9.17, 15) is 18.0 Å². The number of carbonyl (C=O) groups excluding carboxylic acids is 1. The molecular formula is C17H21F3N6OS. The highest BCUT2D eigenvalue weighted by Crippen LogP contribution is 2.40. The Balaban J connectivity index is 1.50. The lowest BCUT2D eigenvalue weighted by Gasteiger charge is -2.34. The third-order valence-corrected chi connectivity index (χ3v) is 6.07. The standard InChI is InChI=1S/C17H21F3N6OS/c1-2-11-9-13(17(18,19)20)26-14(22-11)10-12(23-26)15(27)24-4-6-25(7-5-24)16-21-3-8-28-16/h3,8,10-11,13,22H,2,4-7,9H2,1H3/t11-,13-/m1/s1. The van der Waals surface area contributed by atoms with E-state index in [0.717, 1.165) is 9.81 Å². The number of aromatic nitrogens is 3. The SMILES string of the molecule is CC[C@@H]1C[C@H](C(F)(F)F)n2nc(C(=O)N3CCN(c4nccs4)CC3)cc2N1. The van der Waals surface area contributed by atoms with Gasteiger partial charge in [-0.1, -0.05) is 6.92 Å². The van der Waals surface area contributed by atoms with E-state index in [1.54, 1.807) is 11.1 Å². The van der Waals surface area contributed by atoms with Gasteiger partial charge in [0.05, 0.1) is 0 Å². The molecule has 1 N–H and O–H groups in total. The summed E-state index contributed by atoms with van der Waals surface area (Å²) in [5.74, 6) is -0.0818. The van der Waals surface area contributed by atoms with Crippen LogP contribution in [0.5, 0.6) is 0 Å². The van der Waals surface area contributed by atoms with E-state index in [2.05, 4.69) is 20.3 Å². The minimum absolute atomic E-state index is 0.0520. The first-order valence-corrected chi connectivity index (χ1v) is 10.1. The van der Waals surface area contributed by atoms with Gasteiger partial charge in [-0.2, -0.15) is 18.3 Å². The Morgan fingerprint density at radius 3 is 2.68 bits per heavy atom. The summed E-state index contributed by atoms with van der Waals surface area (Å²) in [6.45, 7) is 4.07. The zero-order valence-electron chi connectivity index (χ0n) is 15.3. The van der Waals surface area contributed by atoms with Gasteiger partial charge in [0.1, 0.15) is 5.82 Å². The summed E-state index contributed by atoms with van der Waals surface area (Å²) in [6, 6.07) is -0.562. The molecular weight excluding hydrogens is 393 g/mol. The van der Waals surface area contributed by atoms with Crippen LogP contribution in [0.25, 0.3) is 0 Å². The highest BCUT2D eigenvalue weighted by Gasteiger charge is 2.46. The van der Waals surface area contributed by atoms with E-state index >= 15 is 0 Å². The number of anilines is 2. The van der Waals surface area contributed by atoms with Gasteiger partial charge < -0.3 is 15.1 Å². The number of thiazole rings is 1. The van der Waals surface area contributed by atoms with Crippen LogP contribution in [0.3, 0.4) is 0 Å². The molecule has 0 spiro atoms. The van der Waals surface area contributed by atoms with Crippen LogP contribution in [0, 0.1) is 0 Å². The molecule has 4 heterocycles. The third kappa shape index (κ3) is 3.54. The van der Waals surface area contributed by atoms with Crippen molar-refractivity contribution in [1.82, 2.24) is 19.7 Å². The number of hydrogen-bond acceptors (Lipinski definition) is 6. The van der Waals surface area contributed by atoms with Crippen LogP contribution >= 0.6 is 11.3 Å². The number of nitrogens with zero attached hydrogens (tertiary/aromatic N) is 5. The van der Waals surface area contributed by atoms with E-state index in [1.165, 1.54) is 17.4 Å². The van der Waals surface area contributed by atoms with Gasteiger partial charge in [-0.25, -0.2) is 9.67 Å². The fraction of sp³-hybridized carbons (Fsp3) is 0.588. The molecule has 2 aliphatic rings. The predicted octanol–water partition coefficient (Wildman–Crippen LogP) is 3.00. The molecule has 28 heavy (non-hydrogen) atoms. The molecule has 11 heteroatoms. The van der Waals surface area contributed by atoms with E-state index < -0.39 is 12.2 Å². The number of alkyl halides is 3. The summed E-state index contributed by atoms with van der Waals surface area (Å²) in [7, 11) is 0. The van der Waals surface area contributed by atoms with Crippen LogP contribution < -0.4 is 10.2 Å². The summed E-state index contributed by atoms with van der Waals surface area (Å²) in [5.41, 5.74) is 0.0520. The minimum Gasteiger partial charge on any atom is -0.367 e. The highest BCUT2D eigenvalue weighted by atomic mass is 32.1. The summed E-state index contributed by atoms with van der Waals surface area (Å²) in [6.07, 6.45) is -2.19. The number of fused-ring (bicyclic) bond motifs is 1. The number of piperazine rings is 1. The smallest absolute Gasteiger partial charge is 0.367 e. The van der Waals surface area contributed by atoms with Gasteiger partial charge in [-0.15, -0.1) is 11.3 Å². The molecule has 1 saturated heterocycles. The highest BCUT2D eigenvalue weighted by molar-refractivity contribution is 7.13. The second kappa shape index (κ2) is 7.26. The lowest BCUT2D eigenvalue weighted by atomic mass is 10.0. The Kier molecular flexibility index (Phi) is 4.94. The van der Waals surface area contributed by atoms with E-state index in [4.69, 9.17) is 0 Å². The van der Waals surface area contributed by atoms with Crippen molar-refractivity contribution in [2.45, 2.75) is 38.0 Å². The van der Waals surface area contributed by atoms with Crippen molar-refractivity contribution in [3.05, 3.63) is 23.3 Å². The Labute approximate surface area is 164 Å². The summed E-state index contributed by atoms with van der Waals surface area (Å²) >= 11 is 1.54. The van der Waals surface area contributed by atoms with Crippen molar-refractivity contribution >= 4 is 28.2 Å². The van der Waals surface area contributed by atoms with E-state index in [0.29, 0.717) is 32.6 Å². The van der Waals surface area contributed by atoms with E-state index in [-0.39, 0.29) is 29.9 Å². The second-order valence-electron chi connectivity index (χ2n) is 7.00. The normalized spacial score (nSPS) is 22.7. The third-order valence-electron chi connectivity index (χ3n) is 5.24. The van der Waals surface area contributed by atoms with E-state index in [1.807, 2.05) is 12.3 Å². The predicted molar refractivity (Wildman–Crippen MR) is 99.9 cm³/mol. The maximum Gasteiger partial charge on any atom is 0.410 e. The fourth-order valence-corrected chi connectivity index (χ4v) is 4.35. The maximum absolute atomic E-state index is 13.5. The molecule has 0 aliphatic carbocycles. The van der Waals surface area contributed by atoms with Gasteiger partial charge in [0, 0.05) is 49.9 Å². The number of halogens is 3. The minimum atomic E-state index is -4.41. The Morgan fingerprint density at radius 2 is 2.07 bits per heavy atom. The zero-order valence-corrected chi connectivity index (χ0v) is 16.1. The van der Waals surface area contributed by atoms with Crippen LogP contribution in [-0.2, 0) is 0 Å². The molecule has 0 unspecified atom stereocenters. The van der Waals surface area contributed by atoms with Crippen LogP contribution in [0.2, 0.25) is 0 Å². The Morgan fingerprint density at radius 1 is 1.32 bits per heavy atom. The van der Waals surface area contributed by atoms with Gasteiger partial charge >= 0.3 is 6.18 Å². The Hall–Kier alpha value is -2.30.